The molecule has 1 atom stereocenters. The van der Waals surface area contributed by atoms with Crippen molar-refractivity contribution in [3.8, 4) is 5.75 Å². The maximum atomic E-state index is 6.08. The van der Waals surface area contributed by atoms with Crippen LogP contribution in [0, 0.1) is 6.92 Å². The molecule has 1 aromatic rings. The van der Waals surface area contributed by atoms with Gasteiger partial charge in [-0.15, -0.1) is 0 Å². The fourth-order valence-corrected chi connectivity index (χ4v) is 1.38. The Kier molecular flexibility index (Phi) is 3.13. The number of nitrogens with two attached hydrogens (primary N) is 2. The average molecular weight is 194 g/mol. The largest absolute Gasteiger partial charge is 0.496 e. The zero-order valence-corrected chi connectivity index (χ0v) is 9.00. The molecule has 0 heterocycles. The summed E-state index contributed by atoms with van der Waals surface area (Å²) in [4.78, 5) is 0. The van der Waals surface area contributed by atoms with Crippen molar-refractivity contribution < 1.29 is 4.74 Å². The first-order valence-corrected chi connectivity index (χ1v) is 4.65. The second kappa shape index (κ2) is 3.98. The van der Waals surface area contributed by atoms with E-state index in [0.29, 0.717) is 6.54 Å². The van der Waals surface area contributed by atoms with Crippen LogP contribution >= 0.6 is 0 Å². The SMILES string of the molecule is COc1ccc(C)cc1C(C)(N)CN. The smallest absolute Gasteiger partial charge is 0.123 e. The highest BCUT2D eigenvalue weighted by Gasteiger charge is 2.23. The molecule has 0 bridgehead atoms. The molecule has 0 saturated heterocycles. The van der Waals surface area contributed by atoms with E-state index in [1.165, 1.54) is 0 Å². The number of hydrogen-bond donors (Lipinski definition) is 2. The highest BCUT2D eigenvalue weighted by Crippen LogP contribution is 2.28. The summed E-state index contributed by atoms with van der Waals surface area (Å²) in [6.07, 6.45) is 0. The Morgan fingerprint density at radius 1 is 1.43 bits per heavy atom. The van der Waals surface area contributed by atoms with E-state index in [4.69, 9.17) is 16.2 Å². The maximum absolute atomic E-state index is 6.08. The Balaban J connectivity index is 3.23. The molecule has 0 aliphatic rings. The first kappa shape index (κ1) is 11.0. The molecule has 0 radical (unpaired) electrons. The van der Waals surface area contributed by atoms with Gasteiger partial charge in [0.1, 0.15) is 5.75 Å². The number of rotatable bonds is 3. The van der Waals surface area contributed by atoms with Gasteiger partial charge in [0, 0.05) is 12.1 Å². The molecule has 0 saturated carbocycles. The third-order valence-corrected chi connectivity index (χ3v) is 2.39. The minimum Gasteiger partial charge on any atom is -0.496 e. The van der Waals surface area contributed by atoms with E-state index in [1.54, 1.807) is 7.11 Å². The van der Waals surface area contributed by atoms with Crippen molar-refractivity contribution in [3.63, 3.8) is 0 Å². The molecular formula is C11H18N2O. The van der Waals surface area contributed by atoms with Crippen molar-refractivity contribution in [3.05, 3.63) is 29.3 Å². The molecule has 1 aromatic carbocycles. The summed E-state index contributed by atoms with van der Waals surface area (Å²) in [7, 11) is 1.64. The third kappa shape index (κ3) is 2.05. The van der Waals surface area contributed by atoms with E-state index in [0.717, 1.165) is 16.9 Å². The van der Waals surface area contributed by atoms with Gasteiger partial charge in [-0.05, 0) is 19.9 Å². The molecule has 0 amide bonds. The van der Waals surface area contributed by atoms with Crippen LogP contribution in [0.1, 0.15) is 18.1 Å². The van der Waals surface area contributed by atoms with Gasteiger partial charge in [-0.1, -0.05) is 17.7 Å². The predicted octanol–water partition coefficient (Wildman–Crippen LogP) is 1.14. The van der Waals surface area contributed by atoms with Gasteiger partial charge < -0.3 is 16.2 Å². The zero-order valence-electron chi connectivity index (χ0n) is 9.00. The van der Waals surface area contributed by atoms with Crippen molar-refractivity contribution in [1.82, 2.24) is 0 Å². The van der Waals surface area contributed by atoms with Gasteiger partial charge in [0.2, 0.25) is 0 Å². The highest BCUT2D eigenvalue weighted by atomic mass is 16.5. The van der Waals surface area contributed by atoms with Crippen molar-refractivity contribution in [2.24, 2.45) is 11.5 Å². The molecular weight excluding hydrogens is 176 g/mol. The van der Waals surface area contributed by atoms with Crippen molar-refractivity contribution in [2.45, 2.75) is 19.4 Å². The number of hydrogen-bond acceptors (Lipinski definition) is 3. The summed E-state index contributed by atoms with van der Waals surface area (Å²) in [5, 5.41) is 0. The lowest BCUT2D eigenvalue weighted by atomic mass is 9.91. The van der Waals surface area contributed by atoms with Crippen molar-refractivity contribution in [2.75, 3.05) is 13.7 Å². The Morgan fingerprint density at radius 2 is 2.07 bits per heavy atom. The monoisotopic (exact) mass is 194 g/mol. The molecule has 78 valence electrons. The fraction of sp³-hybridized carbons (Fsp3) is 0.455. The summed E-state index contributed by atoms with van der Waals surface area (Å²) >= 11 is 0. The Labute approximate surface area is 85.0 Å². The number of aryl methyl sites for hydroxylation is 1. The second-order valence-corrected chi connectivity index (χ2v) is 3.83. The lowest BCUT2D eigenvalue weighted by molar-refractivity contribution is 0.389. The topological polar surface area (TPSA) is 61.3 Å². The molecule has 0 fully saturated rings. The lowest BCUT2D eigenvalue weighted by Crippen LogP contribution is -2.41. The molecule has 3 nitrogen and oxygen atoms in total. The van der Waals surface area contributed by atoms with E-state index in [2.05, 4.69) is 0 Å². The molecule has 0 aromatic heterocycles. The standard InChI is InChI=1S/C11H18N2O/c1-8-4-5-10(14-3)9(6-8)11(2,13)7-12/h4-6H,7,12-13H2,1-3H3. The number of ether oxygens (including phenoxy) is 1. The van der Waals surface area contributed by atoms with E-state index >= 15 is 0 Å². The maximum Gasteiger partial charge on any atom is 0.123 e. The van der Waals surface area contributed by atoms with Crippen LogP contribution < -0.4 is 16.2 Å². The molecule has 14 heavy (non-hydrogen) atoms. The summed E-state index contributed by atoms with van der Waals surface area (Å²) in [6.45, 7) is 4.33. The molecule has 1 unspecified atom stereocenters. The summed E-state index contributed by atoms with van der Waals surface area (Å²) in [5.41, 5.74) is 13.3. The van der Waals surface area contributed by atoms with Crippen LogP contribution in [-0.2, 0) is 5.54 Å². The average Bonchev–Trinajstić information content (AvgIpc) is 2.18. The molecule has 4 N–H and O–H groups in total. The molecule has 0 aliphatic heterocycles. The predicted molar refractivity (Wildman–Crippen MR) is 58.3 cm³/mol. The Morgan fingerprint density at radius 3 is 2.57 bits per heavy atom. The van der Waals surface area contributed by atoms with Crippen LogP contribution in [0.2, 0.25) is 0 Å². The number of methoxy groups -OCH3 is 1. The lowest BCUT2D eigenvalue weighted by Gasteiger charge is -2.25. The van der Waals surface area contributed by atoms with Gasteiger partial charge in [0.15, 0.2) is 0 Å². The Bertz CT molecular complexity index is 321. The van der Waals surface area contributed by atoms with E-state index < -0.39 is 5.54 Å². The third-order valence-electron chi connectivity index (χ3n) is 2.39. The minimum absolute atomic E-state index is 0.396. The first-order chi connectivity index (χ1) is 6.51. The quantitative estimate of drug-likeness (QED) is 0.758. The van der Waals surface area contributed by atoms with Gasteiger partial charge in [-0.25, -0.2) is 0 Å². The normalized spacial score (nSPS) is 14.9. The molecule has 1 rings (SSSR count). The van der Waals surface area contributed by atoms with E-state index in [1.807, 2.05) is 32.0 Å². The first-order valence-electron chi connectivity index (χ1n) is 4.65. The van der Waals surface area contributed by atoms with Crippen molar-refractivity contribution in [1.29, 1.82) is 0 Å². The second-order valence-electron chi connectivity index (χ2n) is 3.83. The van der Waals surface area contributed by atoms with Gasteiger partial charge in [0.05, 0.1) is 12.6 Å². The van der Waals surface area contributed by atoms with Gasteiger partial charge in [-0.2, -0.15) is 0 Å². The zero-order chi connectivity index (χ0) is 10.8. The summed E-state index contributed by atoms with van der Waals surface area (Å²) < 4.78 is 5.25. The molecule has 0 aliphatic carbocycles. The van der Waals surface area contributed by atoms with Gasteiger partial charge in [0.25, 0.3) is 0 Å². The fourth-order valence-electron chi connectivity index (χ4n) is 1.38. The van der Waals surface area contributed by atoms with Crippen LogP contribution in [0.15, 0.2) is 18.2 Å². The van der Waals surface area contributed by atoms with E-state index in [9.17, 15) is 0 Å². The molecule has 3 heteroatoms. The summed E-state index contributed by atoms with van der Waals surface area (Å²) in [5.74, 6) is 0.797. The van der Waals surface area contributed by atoms with Crippen LogP contribution in [0.4, 0.5) is 0 Å². The highest BCUT2D eigenvalue weighted by molar-refractivity contribution is 5.41. The van der Waals surface area contributed by atoms with Gasteiger partial charge in [-0.3, -0.25) is 0 Å². The molecule has 0 spiro atoms. The van der Waals surface area contributed by atoms with Crippen LogP contribution in [-0.4, -0.2) is 13.7 Å². The minimum atomic E-state index is -0.530. The number of benzene rings is 1. The van der Waals surface area contributed by atoms with Crippen LogP contribution in [0.5, 0.6) is 5.75 Å². The van der Waals surface area contributed by atoms with Gasteiger partial charge >= 0.3 is 0 Å². The summed E-state index contributed by atoms with van der Waals surface area (Å²) in [6, 6.07) is 5.94. The van der Waals surface area contributed by atoms with E-state index in [-0.39, 0.29) is 0 Å². The van der Waals surface area contributed by atoms with Crippen LogP contribution in [0.25, 0.3) is 0 Å². The van der Waals surface area contributed by atoms with Crippen molar-refractivity contribution >= 4 is 0 Å². The Hall–Kier alpha value is -1.06. The van der Waals surface area contributed by atoms with Crippen LogP contribution in [0.3, 0.4) is 0 Å².